The first-order valence-electron chi connectivity index (χ1n) is 26.1. The van der Waals surface area contributed by atoms with Gasteiger partial charge in [-0.3, -0.25) is 9.59 Å². The highest BCUT2D eigenvalue weighted by molar-refractivity contribution is 5.76. The first kappa shape index (κ1) is 57.3. The SMILES string of the molecule is CCCC/C=C\C/C=C\CCCCCCCC(=O)OCCCCCCCCCCCC(=O)NC(CO)C(O)CCCCCCCCCCCCCCCCCCCCC. The molecular weight excluding hydrogens is 731 g/mol. The van der Waals surface area contributed by atoms with Gasteiger partial charge in [-0.15, -0.1) is 0 Å². The zero-order valence-electron chi connectivity index (χ0n) is 39.5. The van der Waals surface area contributed by atoms with E-state index in [1.54, 1.807) is 0 Å². The number of nitrogens with one attached hydrogen (secondary N) is 1. The summed E-state index contributed by atoms with van der Waals surface area (Å²) in [5, 5.41) is 23.3. The van der Waals surface area contributed by atoms with Crippen molar-refractivity contribution in [1.29, 1.82) is 0 Å². The van der Waals surface area contributed by atoms with Crippen LogP contribution in [-0.4, -0.2) is 47.4 Å². The Hall–Kier alpha value is -1.66. The van der Waals surface area contributed by atoms with Crippen molar-refractivity contribution in [3.8, 4) is 0 Å². The molecule has 2 unspecified atom stereocenters. The molecule has 0 spiro atoms. The van der Waals surface area contributed by atoms with E-state index in [9.17, 15) is 19.8 Å². The molecule has 6 nitrogen and oxygen atoms in total. The highest BCUT2D eigenvalue weighted by atomic mass is 16.5. The fraction of sp³-hybridized carbons (Fsp3) is 0.887. The van der Waals surface area contributed by atoms with E-state index in [4.69, 9.17) is 4.74 Å². The van der Waals surface area contributed by atoms with Gasteiger partial charge in [-0.2, -0.15) is 0 Å². The van der Waals surface area contributed by atoms with Gasteiger partial charge in [0.05, 0.1) is 25.4 Å². The van der Waals surface area contributed by atoms with Crippen molar-refractivity contribution < 1.29 is 24.5 Å². The van der Waals surface area contributed by atoms with Crippen molar-refractivity contribution in [1.82, 2.24) is 5.32 Å². The first-order chi connectivity index (χ1) is 29.0. The maximum absolute atomic E-state index is 12.5. The lowest BCUT2D eigenvalue weighted by molar-refractivity contribution is -0.143. The number of esters is 1. The average molecular weight is 832 g/mol. The molecule has 0 aliphatic carbocycles. The Morgan fingerprint density at radius 1 is 0.475 bits per heavy atom. The van der Waals surface area contributed by atoms with Gasteiger partial charge in [0, 0.05) is 12.8 Å². The van der Waals surface area contributed by atoms with Gasteiger partial charge < -0.3 is 20.3 Å². The van der Waals surface area contributed by atoms with Crippen molar-refractivity contribution in [2.24, 2.45) is 0 Å². The van der Waals surface area contributed by atoms with Crippen LogP contribution in [0.1, 0.15) is 277 Å². The summed E-state index contributed by atoms with van der Waals surface area (Å²) in [7, 11) is 0. The number of aliphatic hydroxyl groups is 2. The van der Waals surface area contributed by atoms with E-state index in [-0.39, 0.29) is 18.5 Å². The summed E-state index contributed by atoms with van der Waals surface area (Å²) >= 11 is 0. The molecule has 0 saturated carbocycles. The summed E-state index contributed by atoms with van der Waals surface area (Å²) in [6, 6.07) is -0.563. The van der Waals surface area contributed by atoms with Crippen LogP contribution in [0.2, 0.25) is 0 Å². The molecule has 348 valence electrons. The van der Waals surface area contributed by atoms with Crippen molar-refractivity contribution >= 4 is 11.9 Å². The maximum Gasteiger partial charge on any atom is 0.305 e. The number of hydrogen-bond acceptors (Lipinski definition) is 5. The highest BCUT2D eigenvalue weighted by Crippen LogP contribution is 2.17. The number of aliphatic hydroxyl groups excluding tert-OH is 2. The Bertz CT molecular complexity index is 920. The van der Waals surface area contributed by atoms with Crippen LogP contribution < -0.4 is 5.32 Å². The number of amides is 1. The molecular formula is C53H101NO5. The van der Waals surface area contributed by atoms with Gasteiger partial charge in [0.2, 0.25) is 5.91 Å². The molecule has 0 aromatic carbocycles. The van der Waals surface area contributed by atoms with Crippen molar-refractivity contribution in [2.75, 3.05) is 13.2 Å². The number of hydrogen-bond donors (Lipinski definition) is 3. The van der Waals surface area contributed by atoms with Crippen LogP contribution >= 0.6 is 0 Å². The minimum Gasteiger partial charge on any atom is -0.466 e. The van der Waals surface area contributed by atoms with Crippen LogP contribution in [0.3, 0.4) is 0 Å². The summed E-state index contributed by atoms with van der Waals surface area (Å²) in [5.74, 6) is -0.101. The Labute approximate surface area is 367 Å². The van der Waals surface area contributed by atoms with Crippen molar-refractivity contribution in [3.63, 3.8) is 0 Å². The van der Waals surface area contributed by atoms with E-state index in [1.165, 1.54) is 173 Å². The number of unbranched alkanes of at least 4 members (excludes halogenated alkanes) is 33. The van der Waals surface area contributed by atoms with Crippen LogP contribution in [-0.2, 0) is 14.3 Å². The maximum atomic E-state index is 12.5. The third kappa shape index (κ3) is 45.7. The lowest BCUT2D eigenvalue weighted by atomic mass is 10.0. The third-order valence-electron chi connectivity index (χ3n) is 12.0. The van der Waals surface area contributed by atoms with E-state index in [0.717, 1.165) is 70.6 Å². The fourth-order valence-electron chi connectivity index (χ4n) is 7.95. The predicted octanol–water partition coefficient (Wildman–Crippen LogP) is 15.5. The van der Waals surface area contributed by atoms with Crippen molar-refractivity contribution in [3.05, 3.63) is 24.3 Å². The number of rotatable bonds is 48. The molecule has 59 heavy (non-hydrogen) atoms. The lowest BCUT2D eigenvalue weighted by Gasteiger charge is -2.22. The largest absolute Gasteiger partial charge is 0.466 e. The molecule has 0 aromatic heterocycles. The van der Waals surface area contributed by atoms with Crippen LogP contribution in [0.25, 0.3) is 0 Å². The Kier molecular flexibility index (Phi) is 47.6. The predicted molar refractivity (Wildman–Crippen MR) is 255 cm³/mol. The molecule has 0 radical (unpaired) electrons. The number of carbonyl (C=O) groups excluding carboxylic acids is 2. The van der Waals surface area contributed by atoms with Gasteiger partial charge >= 0.3 is 5.97 Å². The number of ether oxygens (including phenoxy) is 1. The minimum absolute atomic E-state index is 0.0392. The molecule has 0 heterocycles. The van der Waals surface area contributed by atoms with E-state index in [2.05, 4.69) is 43.5 Å². The standard InChI is InChI=1S/C53H101NO5/c1-3-5-7-9-11-13-15-17-19-20-21-22-23-24-26-29-33-37-41-45-51(56)50(49-55)54-52(57)46-42-38-34-30-28-32-36-40-44-48-59-53(58)47-43-39-35-31-27-25-18-16-14-12-10-8-6-4-2/h10,12,16,18,50-51,55-56H,3-9,11,13-15,17,19-49H2,1-2H3,(H,54,57)/b12-10-,18-16-. The quantitative estimate of drug-likeness (QED) is 0.0322. The average Bonchev–Trinajstić information content (AvgIpc) is 3.24. The number of allylic oxidation sites excluding steroid dienone is 4. The third-order valence-corrected chi connectivity index (χ3v) is 12.0. The molecule has 0 fully saturated rings. The number of carbonyl (C=O) groups is 2. The van der Waals surface area contributed by atoms with E-state index in [1.807, 2.05) is 0 Å². The van der Waals surface area contributed by atoms with Gasteiger partial charge in [-0.25, -0.2) is 0 Å². The summed E-state index contributed by atoms with van der Waals surface area (Å²) in [6.07, 6.45) is 57.1. The molecule has 0 saturated heterocycles. The van der Waals surface area contributed by atoms with Gasteiger partial charge in [-0.05, 0) is 51.4 Å². The second-order valence-corrected chi connectivity index (χ2v) is 17.9. The molecule has 1 amide bonds. The van der Waals surface area contributed by atoms with E-state index >= 15 is 0 Å². The highest BCUT2D eigenvalue weighted by Gasteiger charge is 2.20. The molecule has 0 aliphatic rings. The van der Waals surface area contributed by atoms with Crippen LogP contribution in [0.5, 0.6) is 0 Å². The fourth-order valence-corrected chi connectivity index (χ4v) is 7.95. The van der Waals surface area contributed by atoms with E-state index < -0.39 is 12.1 Å². The molecule has 3 N–H and O–H groups in total. The Balaban J connectivity index is 3.50. The Morgan fingerprint density at radius 3 is 1.34 bits per heavy atom. The zero-order valence-corrected chi connectivity index (χ0v) is 39.5. The first-order valence-corrected chi connectivity index (χ1v) is 26.1. The minimum atomic E-state index is -0.683. The van der Waals surface area contributed by atoms with Crippen LogP contribution in [0.4, 0.5) is 0 Å². The van der Waals surface area contributed by atoms with Crippen LogP contribution in [0, 0.1) is 0 Å². The summed E-state index contributed by atoms with van der Waals surface area (Å²) in [6.45, 7) is 4.85. The van der Waals surface area contributed by atoms with Crippen LogP contribution in [0.15, 0.2) is 24.3 Å². The summed E-state index contributed by atoms with van der Waals surface area (Å²) in [5.41, 5.74) is 0. The van der Waals surface area contributed by atoms with Gasteiger partial charge in [0.25, 0.3) is 0 Å². The second kappa shape index (κ2) is 49.0. The van der Waals surface area contributed by atoms with Crippen molar-refractivity contribution in [2.45, 2.75) is 289 Å². The summed E-state index contributed by atoms with van der Waals surface area (Å²) < 4.78 is 5.44. The molecule has 0 aromatic rings. The normalized spacial score (nSPS) is 12.8. The van der Waals surface area contributed by atoms with E-state index in [0.29, 0.717) is 25.9 Å². The second-order valence-electron chi connectivity index (χ2n) is 17.9. The molecule has 0 aliphatic heterocycles. The molecule has 0 bridgehead atoms. The zero-order chi connectivity index (χ0) is 43.0. The smallest absolute Gasteiger partial charge is 0.305 e. The molecule has 6 heteroatoms. The Morgan fingerprint density at radius 2 is 0.864 bits per heavy atom. The summed E-state index contributed by atoms with van der Waals surface area (Å²) in [4.78, 5) is 24.5. The van der Waals surface area contributed by atoms with Gasteiger partial charge in [0.1, 0.15) is 0 Å². The van der Waals surface area contributed by atoms with Gasteiger partial charge in [0.15, 0.2) is 0 Å². The molecule has 2 atom stereocenters. The topological polar surface area (TPSA) is 95.9 Å². The monoisotopic (exact) mass is 832 g/mol. The molecule has 0 rings (SSSR count). The lowest BCUT2D eigenvalue weighted by Crippen LogP contribution is -2.45. The van der Waals surface area contributed by atoms with Gasteiger partial charge in [-0.1, -0.05) is 237 Å².